The van der Waals surface area contributed by atoms with Crippen molar-refractivity contribution in [1.82, 2.24) is 5.32 Å². The number of thiophene rings is 1. The van der Waals surface area contributed by atoms with Gasteiger partial charge in [-0.2, -0.15) is 0 Å². The monoisotopic (exact) mass is 259 g/mol. The van der Waals surface area contributed by atoms with Gasteiger partial charge in [0.15, 0.2) is 0 Å². The zero-order chi connectivity index (χ0) is 11.9. The van der Waals surface area contributed by atoms with Crippen LogP contribution in [0, 0.1) is 36.0 Å². The third-order valence-corrected chi connectivity index (χ3v) is 7.54. The van der Waals surface area contributed by atoms with Gasteiger partial charge in [-0.25, -0.2) is 0 Å². The van der Waals surface area contributed by atoms with Crippen LogP contribution in [0.1, 0.15) is 35.4 Å². The zero-order valence-corrected chi connectivity index (χ0v) is 11.8. The standard InChI is InChI=1S/C16H21NS/c1-9-2-3-12(18-9)8-17-15-10-4-11-6-16(7-14(15)16)13(11)5-10/h2-3,10-11,13-15,17H,4-8H2,1H3. The third-order valence-electron chi connectivity index (χ3n) is 6.54. The van der Waals surface area contributed by atoms with Gasteiger partial charge in [0.05, 0.1) is 0 Å². The summed E-state index contributed by atoms with van der Waals surface area (Å²) in [5.74, 6) is 4.37. The second-order valence-corrected chi connectivity index (χ2v) is 8.64. The Kier molecular flexibility index (Phi) is 1.86. The molecule has 0 amide bonds. The molecule has 1 N–H and O–H groups in total. The summed E-state index contributed by atoms with van der Waals surface area (Å²) in [6.07, 6.45) is 6.26. The van der Waals surface area contributed by atoms with E-state index in [-0.39, 0.29) is 0 Å². The van der Waals surface area contributed by atoms with Crippen LogP contribution in [0.15, 0.2) is 12.1 Å². The van der Waals surface area contributed by atoms with Crippen LogP contribution in [0.25, 0.3) is 0 Å². The van der Waals surface area contributed by atoms with Gasteiger partial charge in [-0.3, -0.25) is 0 Å². The van der Waals surface area contributed by atoms with Crippen molar-refractivity contribution in [3.63, 3.8) is 0 Å². The average molecular weight is 259 g/mol. The van der Waals surface area contributed by atoms with E-state index in [2.05, 4.69) is 24.4 Å². The van der Waals surface area contributed by atoms with Crippen LogP contribution in [0.3, 0.4) is 0 Å². The van der Waals surface area contributed by atoms with E-state index in [1.807, 2.05) is 11.3 Å². The molecule has 0 aromatic carbocycles. The summed E-state index contributed by atoms with van der Waals surface area (Å²) in [4.78, 5) is 2.97. The van der Waals surface area contributed by atoms with Gasteiger partial charge < -0.3 is 5.32 Å². The van der Waals surface area contributed by atoms with Crippen molar-refractivity contribution >= 4 is 11.3 Å². The molecule has 2 heteroatoms. The Labute approximate surface area is 113 Å². The molecule has 4 aliphatic carbocycles. The van der Waals surface area contributed by atoms with Gasteiger partial charge in [-0.05, 0) is 73.8 Å². The Morgan fingerprint density at radius 2 is 2.17 bits per heavy atom. The minimum absolute atomic E-state index is 0.858. The molecule has 4 fully saturated rings. The molecule has 1 heterocycles. The van der Waals surface area contributed by atoms with Gasteiger partial charge >= 0.3 is 0 Å². The maximum Gasteiger partial charge on any atom is 0.0302 e. The van der Waals surface area contributed by atoms with Gasteiger partial charge in [-0.1, -0.05) is 0 Å². The molecule has 1 aromatic heterocycles. The Hall–Kier alpha value is -0.340. The minimum atomic E-state index is 0.858. The lowest BCUT2D eigenvalue weighted by molar-refractivity contribution is 0.0458. The van der Waals surface area contributed by atoms with E-state index in [4.69, 9.17) is 0 Å². The lowest BCUT2D eigenvalue weighted by Crippen LogP contribution is -2.44. The molecule has 2 bridgehead atoms. The van der Waals surface area contributed by atoms with Crippen molar-refractivity contribution in [3.05, 3.63) is 21.9 Å². The molecule has 6 unspecified atom stereocenters. The molecule has 1 aromatic rings. The highest BCUT2D eigenvalue weighted by molar-refractivity contribution is 7.11. The highest BCUT2D eigenvalue weighted by atomic mass is 32.1. The van der Waals surface area contributed by atoms with Crippen molar-refractivity contribution in [2.45, 2.75) is 45.2 Å². The van der Waals surface area contributed by atoms with Crippen molar-refractivity contribution < 1.29 is 0 Å². The van der Waals surface area contributed by atoms with Crippen molar-refractivity contribution in [3.8, 4) is 0 Å². The number of hydrogen-bond donors (Lipinski definition) is 1. The predicted octanol–water partition coefficient (Wildman–Crippen LogP) is 3.58. The first-order chi connectivity index (χ1) is 8.76. The van der Waals surface area contributed by atoms with E-state index >= 15 is 0 Å². The molecule has 1 spiro atoms. The second kappa shape index (κ2) is 3.21. The first-order valence-corrected chi connectivity index (χ1v) is 8.37. The molecule has 4 saturated carbocycles. The van der Waals surface area contributed by atoms with Gasteiger partial charge in [0.1, 0.15) is 0 Å². The van der Waals surface area contributed by atoms with Crippen LogP contribution in [-0.4, -0.2) is 6.04 Å². The maximum absolute atomic E-state index is 3.93. The largest absolute Gasteiger partial charge is 0.309 e. The van der Waals surface area contributed by atoms with Crippen molar-refractivity contribution in [1.29, 1.82) is 0 Å². The Bertz CT molecular complexity index is 505. The van der Waals surface area contributed by atoms with Crippen LogP contribution in [0.4, 0.5) is 0 Å². The van der Waals surface area contributed by atoms with Crippen LogP contribution >= 0.6 is 11.3 Å². The van der Waals surface area contributed by atoms with Gasteiger partial charge in [-0.15, -0.1) is 11.3 Å². The molecular formula is C16H21NS. The second-order valence-electron chi connectivity index (χ2n) is 7.27. The normalized spacial score (nSPS) is 50.8. The van der Waals surface area contributed by atoms with Crippen molar-refractivity contribution in [2.75, 3.05) is 0 Å². The fraction of sp³-hybridized carbons (Fsp3) is 0.750. The fourth-order valence-electron chi connectivity index (χ4n) is 5.80. The lowest BCUT2D eigenvalue weighted by Gasteiger charge is -2.45. The van der Waals surface area contributed by atoms with E-state index < -0.39 is 0 Å². The lowest BCUT2D eigenvalue weighted by atomic mass is 9.61. The molecular weight excluding hydrogens is 238 g/mol. The molecule has 4 aliphatic rings. The van der Waals surface area contributed by atoms with E-state index in [1.54, 1.807) is 25.7 Å². The van der Waals surface area contributed by atoms with E-state index in [0.29, 0.717) is 0 Å². The molecule has 6 atom stereocenters. The topological polar surface area (TPSA) is 12.0 Å². The van der Waals surface area contributed by atoms with Crippen LogP contribution in [0.5, 0.6) is 0 Å². The Morgan fingerprint density at radius 3 is 3.00 bits per heavy atom. The molecule has 5 rings (SSSR count). The van der Waals surface area contributed by atoms with Gasteiger partial charge in [0.2, 0.25) is 0 Å². The number of nitrogens with one attached hydrogen (secondary N) is 1. The van der Waals surface area contributed by atoms with Crippen LogP contribution in [0.2, 0.25) is 0 Å². The summed E-state index contributed by atoms with van der Waals surface area (Å²) in [6, 6.07) is 5.41. The maximum atomic E-state index is 3.93. The molecule has 96 valence electrons. The number of aryl methyl sites for hydroxylation is 1. The summed E-state index contributed by atoms with van der Waals surface area (Å²) >= 11 is 1.96. The molecule has 18 heavy (non-hydrogen) atoms. The third kappa shape index (κ3) is 1.17. The predicted molar refractivity (Wildman–Crippen MR) is 74.5 cm³/mol. The molecule has 0 radical (unpaired) electrons. The number of hydrogen-bond acceptors (Lipinski definition) is 2. The fourth-order valence-corrected chi connectivity index (χ4v) is 6.64. The summed E-state index contributed by atoms with van der Waals surface area (Å²) < 4.78 is 0. The first-order valence-electron chi connectivity index (χ1n) is 7.55. The average Bonchev–Trinajstić information content (AvgIpc) is 2.87. The minimum Gasteiger partial charge on any atom is -0.309 e. The van der Waals surface area contributed by atoms with Crippen LogP contribution in [-0.2, 0) is 6.54 Å². The first kappa shape index (κ1) is 10.4. The summed E-state index contributed by atoms with van der Waals surface area (Å²) in [7, 11) is 0. The van der Waals surface area contributed by atoms with E-state index in [1.165, 1.54) is 9.75 Å². The summed E-state index contributed by atoms with van der Waals surface area (Å²) in [5.41, 5.74) is 0.862. The number of rotatable bonds is 3. The van der Waals surface area contributed by atoms with Gasteiger partial charge in [0, 0.05) is 22.3 Å². The highest BCUT2D eigenvalue weighted by Crippen LogP contribution is 2.80. The Balaban J connectivity index is 1.33. The summed E-state index contributed by atoms with van der Waals surface area (Å²) in [6.45, 7) is 3.32. The van der Waals surface area contributed by atoms with E-state index in [0.717, 1.165) is 41.7 Å². The summed E-state index contributed by atoms with van der Waals surface area (Å²) in [5, 5.41) is 3.93. The van der Waals surface area contributed by atoms with Crippen molar-refractivity contribution in [2.24, 2.45) is 29.1 Å². The SMILES string of the molecule is Cc1ccc(CNC2C3CC4CC5(CC25)C4C3)s1. The van der Waals surface area contributed by atoms with Crippen LogP contribution < -0.4 is 5.32 Å². The van der Waals surface area contributed by atoms with E-state index in [9.17, 15) is 0 Å². The Morgan fingerprint density at radius 1 is 1.22 bits per heavy atom. The smallest absolute Gasteiger partial charge is 0.0302 e. The number of fused-ring (bicyclic) bond motifs is 1. The quantitative estimate of drug-likeness (QED) is 0.875. The molecule has 0 aliphatic heterocycles. The molecule has 1 nitrogen and oxygen atoms in total. The molecule has 0 saturated heterocycles. The zero-order valence-electron chi connectivity index (χ0n) is 11.0. The van der Waals surface area contributed by atoms with Gasteiger partial charge in [0.25, 0.3) is 0 Å². The highest BCUT2D eigenvalue weighted by Gasteiger charge is 2.75.